The van der Waals surface area contributed by atoms with Crippen LogP contribution in [0.1, 0.15) is 35.7 Å². The zero-order valence-corrected chi connectivity index (χ0v) is 15.5. The van der Waals surface area contributed by atoms with Crippen molar-refractivity contribution in [3.8, 4) is 0 Å². The highest BCUT2D eigenvalue weighted by atomic mass is 32.2. The molecule has 1 amide bonds. The number of carbonyl (C=O) groups is 2. The molecule has 2 aromatic carbocycles. The maximum Gasteiger partial charge on any atom is 0.341 e. The van der Waals surface area contributed by atoms with Gasteiger partial charge in [-0.1, -0.05) is 26.0 Å². The minimum absolute atomic E-state index is 0.346. The first-order chi connectivity index (χ1) is 12.6. The Balaban J connectivity index is 2.00. The van der Waals surface area contributed by atoms with Crippen molar-refractivity contribution in [1.82, 2.24) is 0 Å². The van der Waals surface area contributed by atoms with Crippen LogP contribution in [-0.2, 0) is 19.6 Å². The van der Waals surface area contributed by atoms with Crippen molar-refractivity contribution in [2.75, 3.05) is 11.9 Å². The smallest absolute Gasteiger partial charge is 0.341 e. The second kappa shape index (κ2) is 8.28. The zero-order chi connectivity index (χ0) is 20.2. The second-order valence-electron chi connectivity index (χ2n) is 6.09. The standard InChI is InChI=1S/C18H19FN2O5S/c1-11(2)12-3-5-13(6-4-12)21-17(22)10-26-18(23)15-9-14(27(20,24)25)7-8-16(15)19/h3-9,11H,10H2,1-2H3,(H,21,22)(H2,20,24,25). The Labute approximate surface area is 156 Å². The summed E-state index contributed by atoms with van der Waals surface area (Å²) in [6.45, 7) is 3.41. The van der Waals surface area contributed by atoms with E-state index < -0.39 is 44.8 Å². The largest absolute Gasteiger partial charge is 0.452 e. The molecule has 7 nitrogen and oxygen atoms in total. The van der Waals surface area contributed by atoms with Gasteiger partial charge in [0.05, 0.1) is 10.5 Å². The number of sulfonamides is 1. The number of carbonyl (C=O) groups excluding carboxylic acids is 2. The van der Waals surface area contributed by atoms with E-state index in [9.17, 15) is 22.4 Å². The Morgan fingerprint density at radius 3 is 2.33 bits per heavy atom. The maximum absolute atomic E-state index is 13.7. The lowest BCUT2D eigenvalue weighted by molar-refractivity contribution is -0.119. The lowest BCUT2D eigenvalue weighted by Crippen LogP contribution is -2.21. The van der Waals surface area contributed by atoms with E-state index in [2.05, 4.69) is 5.32 Å². The van der Waals surface area contributed by atoms with E-state index in [1.165, 1.54) is 0 Å². The third-order valence-corrected chi connectivity index (χ3v) is 4.59. The van der Waals surface area contributed by atoms with Crippen LogP contribution < -0.4 is 10.5 Å². The van der Waals surface area contributed by atoms with Crippen LogP contribution in [0.3, 0.4) is 0 Å². The second-order valence-corrected chi connectivity index (χ2v) is 7.65. The van der Waals surface area contributed by atoms with E-state index in [0.717, 1.165) is 23.8 Å². The van der Waals surface area contributed by atoms with Crippen molar-refractivity contribution in [1.29, 1.82) is 0 Å². The van der Waals surface area contributed by atoms with Gasteiger partial charge >= 0.3 is 5.97 Å². The number of primary sulfonamides is 1. The Morgan fingerprint density at radius 1 is 1.15 bits per heavy atom. The number of nitrogens with one attached hydrogen (secondary N) is 1. The molecule has 0 spiro atoms. The molecule has 2 rings (SSSR count). The molecule has 0 bridgehead atoms. The van der Waals surface area contributed by atoms with Crippen molar-refractivity contribution in [2.24, 2.45) is 5.14 Å². The molecule has 144 valence electrons. The monoisotopic (exact) mass is 394 g/mol. The summed E-state index contributed by atoms with van der Waals surface area (Å²) in [5, 5.41) is 7.49. The van der Waals surface area contributed by atoms with Crippen LogP contribution in [0.4, 0.5) is 10.1 Å². The van der Waals surface area contributed by atoms with Crippen LogP contribution in [0.2, 0.25) is 0 Å². The Bertz CT molecular complexity index is 956. The first-order valence-corrected chi connectivity index (χ1v) is 9.52. The number of hydrogen-bond donors (Lipinski definition) is 2. The highest BCUT2D eigenvalue weighted by Crippen LogP contribution is 2.17. The molecule has 0 atom stereocenters. The van der Waals surface area contributed by atoms with Crippen molar-refractivity contribution < 1.29 is 27.1 Å². The quantitative estimate of drug-likeness (QED) is 0.730. The third-order valence-electron chi connectivity index (χ3n) is 3.68. The van der Waals surface area contributed by atoms with Crippen molar-refractivity contribution >= 4 is 27.6 Å². The number of esters is 1. The highest BCUT2D eigenvalue weighted by molar-refractivity contribution is 7.89. The van der Waals surface area contributed by atoms with Crippen LogP contribution in [0.5, 0.6) is 0 Å². The molecule has 0 unspecified atom stereocenters. The van der Waals surface area contributed by atoms with Gasteiger partial charge in [0.15, 0.2) is 6.61 Å². The van der Waals surface area contributed by atoms with Crippen LogP contribution >= 0.6 is 0 Å². The van der Waals surface area contributed by atoms with Crippen LogP contribution in [-0.4, -0.2) is 26.9 Å². The maximum atomic E-state index is 13.7. The van der Waals surface area contributed by atoms with Crippen molar-refractivity contribution in [3.05, 3.63) is 59.4 Å². The average molecular weight is 394 g/mol. The van der Waals surface area contributed by atoms with Gasteiger partial charge < -0.3 is 10.1 Å². The third kappa shape index (κ3) is 5.60. The predicted molar refractivity (Wildman–Crippen MR) is 97.2 cm³/mol. The molecule has 0 saturated carbocycles. The summed E-state index contributed by atoms with van der Waals surface area (Å²) in [6, 6.07) is 9.62. The number of anilines is 1. The fourth-order valence-corrected chi connectivity index (χ4v) is 2.73. The molecule has 0 aromatic heterocycles. The summed E-state index contributed by atoms with van der Waals surface area (Å²) in [4.78, 5) is 23.4. The van der Waals surface area contributed by atoms with E-state index >= 15 is 0 Å². The average Bonchev–Trinajstić information content (AvgIpc) is 2.59. The molecule has 27 heavy (non-hydrogen) atoms. The van der Waals surface area contributed by atoms with Gasteiger partial charge in [-0.05, 0) is 41.8 Å². The summed E-state index contributed by atoms with van der Waals surface area (Å²) in [7, 11) is -4.11. The topological polar surface area (TPSA) is 116 Å². The summed E-state index contributed by atoms with van der Waals surface area (Å²) in [5.74, 6) is -2.44. The summed E-state index contributed by atoms with van der Waals surface area (Å²) < 4.78 is 41.1. The van der Waals surface area contributed by atoms with Gasteiger partial charge in [-0.2, -0.15) is 0 Å². The normalized spacial score (nSPS) is 11.3. The Kier molecular flexibility index (Phi) is 6.29. The van der Waals surface area contributed by atoms with Gasteiger partial charge in [0.1, 0.15) is 5.82 Å². The molecule has 2 aromatic rings. The minimum Gasteiger partial charge on any atom is -0.452 e. The molecule has 0 radical (unpaired) electrons. The summed E-state index contributed by atoms with van der Waals surface area (Å²) >= 11 is 0. The number of benzene rings is 2. The molecule has 0 aliphatic carbocycles. The Morgan fingerprint density at radius 2 is 1.78 bits per heavy atom. The molecular formula is C18H19FN2O5S. The summed E-state index contributed by atoms with van der Waals surface area (Å²) in [5.41, 5.74) is 0.989. The minimum atomic E-state index is -4.11. The van der Waals surface area contributed by atoms with Crippen LogP contribution in [0.15, 0.2) is 47.4 Å². The van der Waals surface area contributed by atoms with E-state index in [-0.39, 0.29) is 0 Å². The number of rotatable bonds is 6. The van der Waals surface area contributed by atoms with Crippen molar-refractivity contribution in [2.45, 2.75) is 24.7 Å². The van der Waals surface area contributed by atoms with E-state index in [1.54, 1.807) is 12.1 Å². The lowest BCUT2D eigenvalue weighted by Gasteiger charge is -2.09. The van der Waals surface area contributed by atoms with Crippen molar-refractivity contribution in [3.63, 3.8) is 0 Å². The number of hydrogen-bond acceptors (Lipinski definition) is 5. The van der Waals surface area contributed by atoms with E-state index in [4.69, 9.17) is 9.88 Å². The SMILES string of the molecule is CC(C)c1ccc(NC(=O)COC(=O)c2cc(S(N)(=O)=O)ccc2F)cc1. The predicted octanol–water partition coefficient (Wildman–Crippen LogP) is 2.39. The fourth-order valence-electron chi connectivity index (χ4n) is 2.20. The molecule has 3 N–H and O–H groups in total. The number of amides is 1. The molecular weight excluding hydrogens is 375 g/mol. The summed E-state index contributed by atoms with van der Waals surface area (Å²) in [6.07, 6.45) is 0. The lowest BCUT2D eigenvalue weighted by atomic mass is 10.0. The first-order valence-electron chi connectivity index (χ1n) is 7.97. The number of ether oxygens (including phenoxy) is 1. The van der Waals surface area contributed by atoms with E-state index in [0.29, 0.717) is 11.6 Å². The van der Waals surface area contributed by atoms with E-state index in [1.807, 2.05) is 26.0 Å². The van der Waals surface area contributed by atoms with Gasteiger partial charge in [0.2, 0.25) is 10.0 Å². The molecule has 0 heterocycles. The van der Waals surface area contributed by atoms with Crippen LogP contribution in [0, 0.1) is 5.82 Å². The van der Waals surface area contributed by atoms with Gasteiger partial charge in [-0.3, -0.25) is 4.79 Å². The molecule has 0 aliphatic heterocycles. The van der Waals surface area contributed by atoms with Gasteiger partial charge in [0.25, 0.3) is 5.91 Å². The van der Waals surface area contributed by atoms with Crippen LogP contribution in [0.25, 0.3) is 0 Å². The first kappa shape index (κ1) is 20.5. The molecule has 0 aliphatic rings. The molecule has 9 heteroatoms. The Hall–Kier alpha value is -2.78. The highest BCUT2D eigenvalue weighted by Gasteiger charge is 2.19. The van der Waals surface area contributed by atoms with Gasteiger partial charge in [0, 0.05) is 5.69 Å². The number of nitrogens with two attached hydrogens (primary N) is 1. The molecule has 0 fully saturated rings. The molecule has 0 saturated heterocycles. The van der Waals surface area contributed by atoms with Gasteiger partial charge in [-0.15, -0.1) is 0 Å². The fraction of sp³-hybridized carbons (Fsp3) is 0.222. The number of halogens is 1. The zero-order valence-electron chi connectivity index (χ0n) is 14.7. The van der Waals surface area contributed by atoms with Gasteiger partial charge in [-0.25, -0.2) is 22.7 Å².